The molecule has 3 aromatic rings. The molecule has 0 radical (unpaired) electrons. The zero-order valence-corrected chi connectivity index (χ0v) is 16.8. The molecule has 5 rings (SSSR count). The molecule has 1 N–H and O–H groups in total. The second-order valence-corrected chi connectivity index (χ2v) is 7.80. The van der Waals surface area contributed by atoms with Crippen LogP contribution in [0, 0.1) is 0 Å². The SMILES string of the molecule is CCOC(=O)Cc1nnc(C2Cc3cnc(NC4Cc5ccccc5C4)nc3C2)o1. The number of hydrogen-bond acceptors (Lipinski definition) is 8. The van der Waals surface area contributed by atoms with Gasteiger partial charge < -0.3 is 14.5 Å². The summed E-state index contributed by atoms with van der Waals surface area (Å²) in [5.74, 6) is 1.18. The van der Waals surface area contributed by atoms with Crippen LogP contribution in [-0.4, -0.2) is 38.8 Å². The number of benzene rings is 1. The first-order chi connectivity index (χ1) is 14.7. The van der Waals surface area contributed by atoms with Crippen LogP contribution < -0.4 is 5.32 Å². The molecule has 1 aromatic carbocycles. The third-order valence-electron chi connectivity index (χ3n) is 5.68. The fraction of sp³-hybridized carbons (Fsp3) is 0.409. The van der Waals surface area contributed by atoms with Gasteiger partial charge in [0.05, 0.1) is 6.61 Å². The Labute approximate surface area is 174 Å². The fourth-order valence-electron chi connectivity index (χ4n) is 4.29. The predicted molar refractivity (Wildman–Crippen MR) is 108 cm³/mol. The van der Waals surface area contributed by atoms with Gasteiger partial charge in [-0.2, -0.15) is 0 Å². The Bertz CT molecular complexity index is 1060. The first-order valence-electron chi connectivity index (χ1n) is 10.3. The molecule has 1 atom stereocenters. The zero-order chi connectivity index (χ0) is 20.5. The molecule has 8 heteroatoms. The summed E-state index contributed by atoms with van der Waals surface area (Å²) < 4.78 is 10.6. The molecule has 0 amide bonds. The van der Waals surface area contributed by atoms with E-state index in [1.165, 1.54) is 11.1 Å². The molecule has 8 nitrogen and oxygen atoms in total. The lowest BCUT2D eigenvalue weighted by molar-refractivity contribution is -0.142. The summed E-state index contributed by atoms with van der Waals surface area (Å²) in [5.41, 5.74) is 4.90. The van der Waals surface area contributed by atoms with E-state index in [-0.39, 0.29) is 24.2 Å². The molecule has 0 saturated heterocycles. The average molecular weight is 405 g/mol. The summed E-state index contributed by atoms with van der Waals surface area (Å²) in [6.45, 7) is 2.10. The van der Waals surface area contributed by atoms with E-state index in [9.17, 15) is 4.79 Å². The molecule has 0 saturated carbocycles. The van der Waals surface area contributed by atoms with Gasteiger partial charge in [-0.25, -0.2) is 9.97 Å². The molecular weight excluding hydrogens is 382 g/mol. The van der Waals surface area contributed by atoms with Crippen LogP contribution in [0.4, 0.5) is 5.95 Å². The average Bonchev–Trinajstić information content (AvgIpc) is 3.44. The summed E-state index contributed by atoms with van der Waals surface area (Å²) in [7, 11) is 0. The highest BCUT2D eigenvalue weighted by molar-refractivity contribution is 5.71. The topological polar surface area (TPSA) is 103 Å². The van der Waals surface area contributed by atoms with Crippen LogP contribution in [0.25, 0.3) is 0 Å². The molecule has 154 valence electrons. The highest BCUT2D eigenvalue weighted by Gasteiger charge is 2.30. The Morgan fingerprint density at radius 2 is 1.93 bits per heavy atom. The number of nitrogens with zero attached hydrogens (tertiary/aromatic N) is 4. The van der Waals surface area contributed by atoms with Crippen molar-refractivity contribution in [1.29, 1.82) is 0 Å². The number of hydrogen-bond donors (Lipinski definition) is 1. The molecule has 0 fully saturated rings. The van der Waals surface area contributed by atoms with Crippen molar-refractivity contribution in [2.75, 3.05) is 11.9 Å². The van der Waals surface area contributed by atoms with Gasteiger partial charge in [-0.05, 0) is 42.9 Å². The smallest absolute Gasteiger partial charge is 0.315 e. The maximum absolute atomic E-state index is 11.6. The van der Waals surface area contributed by atoms with Gasteiger partial charge in [-0.15, -0.1) is 10.2 Å². The van der Waals surface area contributed by atoms with E-state index in [0.717, 1.165) is 36.9 Å². The Hall–Kier alpha value is -3.29. The number of nitrogens with one attached hydrogen (secondary N) is 1. The lowest BCUT2D eigenvalue weighted by atomic mass is 10.1. The number of anilines is 1. The number of ether oxygens (including phenoxy) is 1. The van der Waals surface area contributed by atoms with Crippen LogP contribution in [0.5, 0.6) is 0 Å². The van der Waals surface area contributed by atoms with Crippen LogP contribution in [0.3, 0.4) is 0 Å². The molecule has 2 aliphatic carbocycles. The minimum atomic E-state index is -0.363. The summed E-state index contributed by atoms with van der Waals surface area (Å²) in [5, 5.41) is 11.6. The van der Waals surface area contributed by atoms with E-state index < -0.39 is 0 Å². The van der Waals surface area contributed by atoms with Crippen LogP contribution >= 0.6 is 0 Å². The van der Waals surface area contributed by atoms with Crippen molar-refractivity contribution in [3.05, 3.63) is 64.6 Å². The van der Waals surface area contributed by atoms with Crippen molar-refractivity contribution in [3.63, 3.8) is 0 Å². The van der Waals surface area contributed by atoms with Crippen molar-refractivity contribution in [3.8, 4) is 0 Å². The Kier molecular flexibility index (Phi) is 4.90. The molecule has 2 aromatic heterocycles. The second-order valence-electron chi connectivity index (χ2n) is 7.80. The van der Waals surface area contributed by atoms with Crippen molar-refractivity contribution in [1.82, 2.24) is 20.2 Å². The van der Waals surface area contributed by atoms with Crippen molar-refractivity contribution in [2.24, 2.45) is 0 Å². The monoisotopic (exact) mass is 405 g/mol. The van der Waals surface area contributed by atoms with Crippen LogP contribution in [0.1, 0.15) is 47.0 Å². The molecule has 2 aliphatic rings. The van der Waals surface area contributed by atoms with Crippen molar-refractivity contribution in [2.45, 2.75) is 51.0 Å². The highest BCUT2D eigenvalue weighted by Crippen LogP contribution is 2.33. The maximum Gasteiger partial charge on any atom is 0.315 e. The molecule has 1 unspecified atom stereocenters. The van der Waals surface area contributed by atoms with Gasteiger partial charge in [0.25, 0.3) is 0 Å². The number of esters is 1. The van der Waals surface area contributed by atoms with Gasteiger partial charge in [0, 0.05) is 30.3 Å². The molecule has 30 heavy (non-hydrogen) atoms. The van der Waals surface area contributed by atoms with Crippen molar-refractivity contribution >= 4 is 11.9 Å². The molecule has 0 bridgehead atoms. The van der Waals surface area contributed by atoms with E-state index >= 15 is 0 Å². The van der Waals surface area contributed by atoms with Crippen LogP contribution in [0.15, 0.2) is 34.9 Å². The van der Waals surface area contributed by atoms with Crippen LogP contribution in [-0.2, 0) is 41.6 Å². The lowest BCUT2D eigenvalue weighted by Gasteiger charge is -2.12. The van der Waals surface area contributed by atoms with Crippen molar-refractivity contribution < 1.29 is 13.9 Å². The number of carbonyl (C=O) groups excluding carboxylic acids is 1. The second kappa shape index (κ2) is 7.85. The normalized spacial score (nSPS) is 17.6. The quantitative estimate of drug-likeness (QED) is 0.624. The molecule has 2 heterocycles. The van der Waals surface area contributed by atoms with E-state index in [0.29, 0.717) is 24.5 Å². The number of aromatic nitrogens is 4. The molecule has 0 spiro atoms. The minimum absolute atomic E-state index is 0.00183. The number of carbonyl (C=O) groups is 1. The lowest BCUT2D eigenvalue weighted by Crippen LogP contribution is -2.21. The summed E-state index contributed by atoms with van der Waals surface area (Å²) in [6, 6.07) is 8.86. The fourth-order valence-corrected chi connectivity index (χ4v) is 4.29. The van der Waals surface area contributed by atoms with E-state index in [4.69, 9.17) is 14.1 Å². The standard InChI is InChI=1S/C22H23N5O3/c1-2-29-20(28)11-19-26-27-21(30-19)15-7-16-12-23-22(25-18(16)10-15)24-17-8-13-5-3-4-6-14(13)9-17/h3-6,12,15,17H,2,7-11H2,1H3,(H,23,24,25). The third-order valence-corrected chi connectivity index (χ3v) is 5.68. The highest BCUT2D eigenvalue weighted by atomic mass is 16.5. The zero-order valence-electron chi connectivity index (χ0n) is 16.8. The minimum Gasteiger partial charge on any atom is -0.466 e. The summed E-state index contributed by atoms with van der Waals surface area (Å²) in [4.78, 5) is 20.9. The summed E-state index contributed by atoms with van der Waals surface area (Å²) in [6.07, 6.45) is 5.35. The molecule has 0 aliphatic heterocycles. The predicted octanol–water partition coefficient (Wildman–Crippen LogP) is 2.43. The van der Waals surface area contributed by atoms with Gasteiger partial charge in [0.2, 0.25) is 17.7 Å². The third kappa shape index (κ3) is 3.77. The number of fused-ring (bicyclic) bond motifs is 2. The van der Waals surface area contributed by atoms with Gasteiger partial charge in [-0.3, -0.25) is 4.79 Å². The maximum atomic E-state index is 11.6. The Morgan fingerprint density at radius 3 is 2.70 bits per heavy atom. The Morgan fingerprint density at radius 1 is 1.13 bits per heavy atom. The van der Waals surface area contributed by atoms with E-state index in [1.807, 2.05) is 6.20 Å². The van der Waals surface area contributed by atoms with Gasteiger partial charge in [-0.1, -0.05) is 24.3 Å². The van der Waals surface area contributed by atoms with E-state index in [1.54, 1.807) is 6.92 Å². The number of rotatable bonds is 6. The van der Waals surface area contributed by atoms with Gasteiger partial charge in [0.15, 0.2) is 0 Å². The van der Waals surface area contributed by atoms with Gasteiger partial charge >= 0.3 is 5.97 Å². The molecular formula is C22H23N5O3. The van der Waals surface area contributed by atoms with Crippen LogP contribution in [0.2, 0.25) is 0 Å². The first-order valence-corrected chi connectivity index (χ1v) is 10.3. The Balaban J connectivity index is 1.23. The summed E-state index contributed by atoms with van der Waals surface area (Å²) >= 11 is 0. The largest absolute Gasteiger partial charge is 0.466 e. The van der Waals surface area contributed by atoms with E-state index in [2.05, 4.69) is 44.8 Å². The van der Waals surface area contributed by atoms with Gasteiger partial charge in [0.1, 0.15) is 6.42 Å². The first kappa shape index (κ1) is 18.7.